The van der Waals surface area contributed by atoms with Crippen LogP contribution in [0.15, 0.2) is 49.6 Å². The molecule has 30 heavy (non-hydrogen) atoms. The molecule has 8 nitrogen and oxygen atoms in total. The summed E-state index contributed by atoms with van der Waals surface area (Å²) in [5.74, 6) is -2.34. The van der Waals surface area contributed by atoms with Crippen LogP contribution in [-0.4, -0.2) is 50.8 Å². The average molecular weight is 430 g/mol. The first-order chi connectivity index (χ1) is 14.3. The summed E-state index contributed by atoms with van der Waals surface area (Å²) < 4.78 is 39.1. The maximum Gasteiger partial charge on any atom is 0.338 e. The van der Waals surface area contributed by atoms with Gasteiger partial charge in [-0.05, 0) is 32.0 Å². The van der Waals surface area contributed by atoms with E-state index < -0.39 is 37.6 Å². The summed E-state index contributed by atoms with van der Waals surface area (Å²) in [6.45, 7) is 7.99. The van der Waals surface area contributed by atoms with E-state index in [2.05, 4.69) is 22.6 Å². The lowest BCUT2D eigenvalue weighted by molar-refractivity contribution is -0.142. The number of carbonyl (C=O) groups excluding carboxylic acids is 4. The van der Waals surface area contributed by atoms with Crippen LogP contribution in [0.2, 0.25) is 0 Å². The van der Waals surface area contributed by atoms with Gasteiger partial charge in [0.1, 0.15) is 0 Å². The van der Waals surface area contributed by atoms with Crippen LogP contribution < -0.4 is 0 Å². The van der Waals surface area contributed by atoms with Crippen LogP contribution in [0.1, 0.15) is 34.6 Å². The van der Waals surface area contributed by atoms with Gasteiger partial charge in [-0.3, -0.25) is 0 Å². The van der Waals surface area contributed by atoms with Gasteiger partial charge in [0.15, 0.2) is 0 Å². The minimum Gasteiger partial charge on any atom is -0.462 e. The first-order valence-electron chi connectivity index (χ1n) is 8.45. The summed E-state index contributed by atoms with van der Waals surface area (Å²) in [6.07, 6.45) is 1.80. The van der Waals surface area contributed by atoms with E-state index in [0.717, 1.165) is 12.2 Å². The van der Waals surface area contributed by atoms with Crippen molar-refractivity contribution in [3.05, 3.63) is 60.7 Å². The summed E-state index contributed by atoms with van der Waals surface area (Å²) in [4.78, 5) is 42.5. The highest BCUT2D eigenvalue weighted by Gasteiger charge is 2.11. The summed E-state index contributed by atoms with van der Waals surface area (Å²) >= 11 is 0. The molecule has 0 aliphatic carbocycles. The summed E-state index contributed by atoms with van der Waals surface area (Å²) in [6, 6.07) is 6.29. The number of benzene rings is 1. The molecule has 0 N–H and O–H groups in total. The van der Waals surface area contributed by atoms with Crippen molar-refractivity contribution in [3.8, 4) is 0 Å². The number of ether oxygens (including phenoxy) is 4. The molecule has 0 aromatic heterocycles. The van der Waals surface area contributed by atoms with Crippen LogP contribution in [0.4, 0.5) is 8.78 Å². The minimum atomic E-state index is -1.08. The number of carbonyl (C=O) groups is 4. The molecule has 0 spiro atoms. The molecule has 0 amide bonds. The Bertz CT molecular complexity index is 649. The maximum atomic E-state index is 11.4. The Kier molecular flexibility index (Phi) is 17.9. The SMILES string of the molecule is C=CC(=O)OCF.C=CC(=O)OCF.CCOC(=O)c1cccc(C(=O)OCC)c1. The van der Waals surface area contributed by atoms with Crippen LogP contribution >= 0.6 is 0 Å². The normalized spacial score (nSPS) is 8.67. The molecule has 1 aromatic carbocycles. The number of halogens is 2. The third-order valence-electron chi connectivity index (χ3n) is 2.61. The van der Waals surface area contributed by atoms with E-state index in [1.165, 1.54) is 6.07 Å². The van der Waals surface area contributed by atoms with Gasteiger partial charge in [0.2, 0.25) is 13.7 Å². The Hall–Kier alpha value is -3.56. The molecule has 0 radical (unpaired) electrons. The monoisotopic (exact) mass is 430 g/mol. The molecule has 0 fully saturated rings. The fourth-order valence-electron chi connectivity index (χ4n) is 1.43. The quantitative estimate of drug-likeness (QED) is 0.351. The van der Waals surface area contributed by atoms with Crippen LogP contribution in [0.5, 0.6) is 0 Å². The summed E-state index contributed by atoms with van der Waals surface area (Å²) in [7, 11) is 0. The van der Waals surface area contributed by atoms with Crippen molar-refractivity contribution >= 4 is 23.9 Å². The number of alkyl halides is 2. The maximum absolute atomic E-state index is 11.4. The Balaban J connectivity index is 0. The zero-order chi connectivity index (χ0) is 23.4. The average Bonchev–Trinajstić information content (AvgIpc) is 2.75. The first-order valence-corrected chi connectivity index (χ1v) is 8.45. The predicted molar refractivity (Wildman–Crippen MR) is 103 cm³/mol. The molecule has 0 saturated carbocycles. The Morgan fingerprint density at radius 2 is 1.17 bits per heavy atom. The molecule has 0 aliphatic rings. The molecule has 10 heteroatoms. The van der Waals surface area contributed by atoms with Gasteiger partial charge in [0.25, 0.3) is 0 Å². The predicted octanol–water partition coefficient (Wildman–Crippen LogP) is 3.33. The highest BCUT2D eigenvalue weighted by Crippen LogP contribution is 2.08. The second-order valence-electron chi connectivity index (χ2n) is 4.57. The Morgan fingerprint density at radius 1 is 0.800 bits per heavy atom. The van der Waals surface area contributed by atoms with Gasteiger partial charge in [-0.1, -0.05) is 19.2 Å². The Labute approximate surface area is 173 Å². The van der Waals surface area contributed by atoms with Crippen LogP contribution in [0.25, 0.3) is 0 Å². The molecular weight excluding hydrogens is 406 g/mol. The molecule has 0 saturated heterocycles. The van der Waals surface area contributed by atoms with Crippen molar-refractivity contribution in [3.63, 3.8) is 0 Å². The fraction of sp³-hybridized carbons (Fsp3) is 0.300. The van der Waals surface area contributed by atoms with Crippen molar-refractivity contribution < 1.29 is 46.9 Å². The Morgan fingerprint density at radius 3 is 1.40 bits per heavy atom. The lowest BCUT2D eigenvalue weighted by Gasteiger charge is -2.04. The van der Waals surface area contributed by atoms with E-state index in [9.17, 15) is 28.0 Å². The lowest BCUT2D eigenvalue weighted by atomic mass is 10.1. The molecule has 0 aliphatic heterocycles. The zero-order valence-electron chi connectivity index (χ0n) is 16.7. The second kappa shape index (κ2) is 18.8. The van der Waals surface area contributed by atoms with Crippen molar-refractivity contribution in [2.45, 2.75) is 13.8 Å². The highest BCUT2D eigenvalue weighted by atomic mass is 19.1. The van der Waals surface area contributed by atoms with Gasteiger partial charge >= 0.3 is 23.9 Å². The van der Waals surface area contributed by atoms with E-state index in [0.29, 0.717) is 24.3 Å². The first kappa shape index (κ1) is 28.6. The van der Waals surface area contributed by atoms with E-state index >= 15 is 0 Å². The van der Waals surface area contributed by atoms with Crippen LogP contribution in [-0.2, 0) is 28.5 Å². The molecule has 0 unspecified atom stereocenters. The van der Waals surface area contributed by atoms with E-state index in [4.69, 9.17) is 9.47 Å². The lowest BCUT2D eigenvalue weighted by Crippen LogP contribution is -2.08. The van der Waals surface area contributed by atoms with Crippen molar-refractivity contribution in [2.75, 3.05) is 26.9 Å². The van der Waals surface area contributed by atoms with Gasteiger partial charge in [0.05, 0.1) is 24.3 Å². The summed E-state index contributed by atoms with van der Waals surface area (Å²) in [5, 5.41) is 0. The summed E-state index contributed by atoms with van der Waals surface area (Å²) in [5.41, 5.74) is 0.708. The molecule has 0 bridgehead atoms. The van der Waals surface area contributed by atoms with E-state index in [1.807, 2.05) is 0 Å². The number of hydrogen-bond donors (Lipinski definition) is 0. The molecule has 0 atom stereocenters. The standard InChI is InChI=1S/C12H14O4.2C4H5FO2/c1-3-15-11(13)9-6-5-7-10(8-9)12(14)16-4-2;2*1-2-4(6)7-3-5/h5-8H,3-4H2,1-2H3;2*2H,1,3H2. The van der Waals surface area contributed by atoms with Gasteiger partial charge in [-0.25, -0.2) is 28.0 Å². The smallest absolute Gasteiger partial charge is 0.338 e. The third kappa shape index (κ3) is 14.5. The second-order valence-corrected chi connectivity index (χ2v) is 4.57. The third-order valence-corrected chi connectivity index (χ3v) is 2.61. The van der Waals surface area contributed by atoms with Gasteiger partial charge in [-0.15, -0.1) is 0 Å². The van der Waals surface area contributed by atoms with Gasteiger partial charge in [-0.2, -0.15) is 0 Å². The fourth-order valence-corrected chi connectivity index (χ4v) is 1.43. The largest absolute Gasteiger partial charge is 0.462 e. The highest BCUT2D eigenvalue weighted by molar-refractivity contribution is 5.95. The van der Waals surface area contributed by atoms with Gasteiger partial charge in [0, 0.05) is 12.2 Å². The van der Waals surface area contributed by atoms with E-state index in [1.54, 1.807) is 32.0 Å². The van der Waals surface area contributed by atoms with Crippen LogP contribution in [0.3, 0.4) is 0 Å². The molecular formula is C20H24F2O8. The number of esters is 4. The molecule has 166 valence electrons. The van der Waals surface area contributed by atoms with Crippen molar-refractivity contribution in [1.29, 1.82) is 0 Å². The molecule has 0 heterocycles. The van der Waals surface area contributed by atoms with E-state index in [-0.39, 0.29) is 0 Å². The van der Waals surface area contributed by atoms with Crippen molar-refractivity contribution in [2.24, 2.45) is 0 Å². The molecule has 1 rings (SSSR count). The number of rotatable bonds is 8. The topological polar surface area (TPSA) is 105 Å². The van der Waals surface area contributed by atoms with Crippen molar-refractivity contribution in [1.82, 2.24) is 0 Å². The minimum absolute atomic E-state index is 0.308. The number of hydrogen-bond acceptors (Lipinski definition) is 8. The zero-order valence-corrected chi connectivity index (χ0v) is 16.7. The van der Waals surface area contributed by atoms with Crippen LogP contribution in [0, 0.1) is 0 Å². The van der Waals surface area contributed by atoms with Gasteiger partial charge < -0.3 is 18.9 Å². The molecule has 1 aromatic rings.